The molecule has 0 saturated carbocycles. The highest BCUT2D eigenvalue weighted by Gasteiger charge is 2.30. The molecule has 1 aliphatic heterocycles. The molecule has 104 valence electrons. The number of hydrogen-bond acceptors (Lipinski definition) is 2. The van der Waals surface area contributed by atoms with Crippen molar-refractivity contribution in [3.8, 4) is 0 Å². The maximum atomic E-state index is 12.4. The molecule has 1 heterocycles. The summed E-state index contributed by atoms with van der Waals surface area (Å²) in [5.74, 6) is 0.470. The van der Waals surface area contributed by atoms with Crippen molar-refractivity contribution in [3.63, 3.8) is 0 Å². The quantitative estimate of drug-likeness (QED) is 0.899. The third kappa shape index (κ3) is 2.89. The molecular weight excluding hydrogens is 238 g/mol. The lowest BCUT2D eigenvalue weighted by atomic mass is 10.0. The number of anilines is 1. The second-order valence-electron chi connectivity index (χ2n) is 5.18. The lowest BCUT2D eigenvalue weighted by molar-refractivity contribution is 0.192. The SMILES string of the molecule is CCc1ccccc1N1CC(CNC)CN(C)C1=O. The van der Waals surface area contributed by atoms with Crippen LogP contribution in [0.1, 0.15) is 12.5 Å². The molecular formula is C15H23N3O. The van der Waals surface area contributed by atoms with E-state index >= 15 is 0 Å². The number of nitrogens with one attached hydrogen (secondary N) is 1. The summed E-state index contributed by atoms with van der Waals surface area (Å²) >= 11 is 0. The van der Waals surface area contributed by atoms with E-state index < -0.39 is 0 Å². The fourth-order valence-electron chi connectivity index (χ4n) is 2.76. The van der Waals surface area contributed by atoms with Gasteiger partial charge in [0.05, 0.1) is 0 Å². The van der Waals surface area contributed by atoms with Crippen molar-refractivity contribution in [1.82, 2.24) is 10.2 Å². The summed E-state index contributed by atoms with van der Waals surface area (Å²) < 4.78 is 0. The summed E-state index contributed by atoms with van der Waals surface area (Å²) in [6.07, 6.45) is 0.945. The Bertz CT molecular complexity index is 447. The molecule has 0 aromatic heterocycles. The van der Waals surface area contributed by atoms with E-state index in [1.165, 1.54) is 5.56 Å². The van der Waals surface area contributed by atoms with Crippen molar-refractivity contribution >= 4 is 11.7 Å². The number of aryl methyl sites for hydroxylation is 1. The van der Waals surface area contributed by atoms with Crippen LogP contribution in [0.25, 0.3) is 0 Å². The van der Waals surface area contributed by atoms with Crippen LogP contribution in [0.2, 0.25) is 0 Å². The van der Waals surface area contributed by atoms with Crippen LogP contribution in [0.3, 0.4) is 0 Å². The molecule has 1 aliphatic rings. The number of hydrogen-bond donors (Lipinski definition) is 1. The maximum absolute atomic E-state index is 12.4. The summed E-state index contributed by atoms with van der Waals surface area (Å²) in [4.78, 5) is 16.1. The minimum atomic E-state index is 0.105. The molecule has 4 nitrogen and oxygen atoms in total. The Labute approximate surface area is 115 Å². The standard InChI is InChI=1S/C15H23N3O/c1-4-13-7-5-6-8-14(13)18-11-12(9-16-2)10-17(3)15(18)19/h5-8,12,16H,4,9-11H2,1-3H3. The van der Waals surface area contributed by atoms with E-state index in [9.17, 15) is 4.79 Å². The average molecular weight is 261 g/mol. The molecule has 0 bridgehead atoms. The lowest BCUT2D eigenvalue weighted by Crippen LogP contribution is -2.54. The Kier molecular flexibility index (Phi) is 4.43. The summed E-state index contributed by atoms with van der Waals surface area (Å²) in [5.41, 5.74) is 2.29. The molecule has 1 saturated heterocycles. The van der Waals surface area contributed by atoms with Gasteiger partial charge in [0.25, 0.3) is 0 Å². The fraction of sp³-hybridized carbons (Fsp3) is 0.533. The number of carbonyl (C=O) groups is 1. The number of nitrogens with zero attached hydrogens (tertiary/aromatic N) is 2. The topological polar surface area (TPSA) is 35.6 Å². The van der Waals surface area contributed by atoms with Crippen LogP contribution >= 0.6 is 0 Å². The van der Waals surface area contributed by atoms with Crippen LogP contribution in [-0.4, -0.2) is 44.7 Å². The summed E-state index contributed by atoms with van der Waals surface area (Å²) in [6.45, 7) is 4.68. The summed E-state index contributed by atoms with van der Waals surface area (Å²) in [6, 6.07) is 8.29. The molecule has 4 heteroatoms. The highest BCUT2D eigenvalue weighted by molar-refractivity contribution is 5.93. The first kappa shape index (κ1) is 13.9. The van der Waals surface area contributed by atoms with Gasteiger partial charge in [-0.25, -0.2) is 4.79 Å². The van der Waals surface area contributed by atoms with Gasteiger partial charge >= 0.3 is 6.03 Å². The molecule has 1 unspecified atom stereocenters. The normalized spacial score (nSPS) is 19.9. The largest absolute Gasteiger partial charge is 0.327 e. The zero-order valence-corrected chi connectivity index (χ0v) is 12.0. The summed E-state index contributed by atoms with van der Waals surface area (Å²) in [5, 5.41) is 3.21. The van der Waals surface area contributed by atoms with Gasteiger partial charge in [0.1, 0.15) is 0 Å². The van der Waals surface area contributed by atoms with Crippen LogP contribution in [0.15, 0.2) is 24.3 Å². The van der Waals surface area contributed by atoms with Crippen LogP contribution in [0, 0.1) is 5.92 Å². The van der Waals surface area contributed by atoms with Gasteiger partial charge in [0.2, 0.25) is 0 Å². The summed E-state index contributed by atoms with van der Waals surface area (Å²) in [7, 11) is 3.84. The zero-order chi connectivity index (χ0) is 13.8. The molecule has 1 fully saturated rings. The average Bonchev–Trinajstić information content (AvgIpc) is 2.43. The minimum Gasteiger partial charge on any atom is -0.327 e. The second-order valence-corrected chi connectivity index (χ2v) is 5.18. The number of amides is 2. The first-order valence-corrected chi connectivity index (χ1v) is 6.92. The van der Waals surface area contributed by atoms with Crippen LogP contribution < -0.4 is 10.2 Å². The van der Waals surface area contributed by atoms with Crippen molar-refractivity contribution in [1.29, 1.82) is 0 Å². The Balaban J connectivity index is 2.27. The predicted molar refractivity (Wildman–Crippen MR) is 78.6 cm³/mol. The van der Waals surface area contributed by atoms with Crippen molar-refractivity contribution in [2.45, 2.75) is 13.3 Å². The van der Waals surface area contributed by atoms with Gasteiger partial charge in [0.15, 0.2) is 0 Å². The highest BCUT2D eigenvalue weighted by Crippen LogP contribution is 2.25. The van der Waals surface area contributed by atoms with E-state index in [1.807, 2.05) is 42.1 Å². The van der Waals surface area contributed by atoms with Gasteiger partial charge in [-0.1, -0.05) is 25.1 Å². The van der Waals surface area contributed by atoms with Crippen LogP contribution in [-0.2, 0) is 6.42 Å². The first-order chi connectivity index (χ1) is 9.17. The third-order valence-electron chi connectivity index (χ3n) is 3.69. The van der Waals surface area contributed by atoms with Gasteiger partial charge in [-0.3, -0.25) is 4.90 Å². The minimum absolute atomic E-state index is 0.105. The monoisotopic (exact) mass is 261 g/mol. The number of urea groups is 1. The van der Waals surface area contributed by atoms with Gasteiger partial charge in [0, 0.05) is 38.3 Å². The van der Waals surface area contributed by atoms with Crippen molar-refractivity contribution in [2.24, 2.45) is 5.92 Å². The molecule has 1 aromatic rings. The van der Waals surface area contributed by atoms with Gasteiger partial charge in [-0.2, -0.15) is 0 Å². The van der Waals surface area contributed by atoms with Crippen LogP contribution in [0.5, 0.6) is 0 Å². The number of carbonyl (C=O) groups excluding carboxylic acids is 1. The Hall–Kier alpha value is -1.55. The Morgan fingerprint density at radius 3 is 2.74 bits per heavy atom. The van der Waals surface area contributed by atoms with Crippen molar-refractivity contribution in [3.05, 3.63) is 29.8 Å². The Morgan fingerprint density at radius 1 is 1.32 bits per heavy atom. The highest BCUT2D eigenvalue weighted by atomic mass is 16.2. The smallest absolute Gasteiger partial charge is 0.324 e. The van der Waals surface area contributed by atoms with E-state index in [2.05, 4.69) is 18.3 Å². The molecule has 1 aromatic carbocycles. The second kappa shape index (κ2) is 6.06. The van der Waals surface area contributed by atoms with E-state index in [4.69, 9.17) is 0 Å². The van der Waals surface area contributed by atoms with E-state index in [-0.39, 0.29) is 6.03 Å². The molecule has 2 rings (SSSR count). The molecule has 1 atom stereocenters. The van der Waals surface area contributed by atoms with Crippen molar-refractivity contribution in [2.75, 3.05) is 38.6 Å². The zero-order valence-electron chi connectivity index (χ0n) is 12.0. The number of para-hydroxylation sites is 1. The van der Waals surface area contributed by atoms with E-state index in [0.29, 0.717) is 5.92 Å². The molecule has 0 radical (unpaired) electrons. The first-order valence-electron chi connectivity index (χ1n) is 6.92. The maximum Gasteiger partial charge on any atom is 0.324 e. The van der Waals surface area contributed by atoms with Gasteiger partial charge in [-0.15, -0.1) is 0 Å². The third-order valence-corrected chi connectivity index (χ3v) is 3.69. The van der Waals surface area contributed by atoms with Gasteiger partial charge < -0.3 is 10.2 Å². The van der Waals surface area contributed by atoms with Crippen LogP contribution in [0.4, 0.5) is 10.5 Å². The van der Waals surface area contributed by atoms with Gasteiger partial charge in [-0.05, 0) is 25.1 Å². The Morgan fingerprint density at radius 2 is 2.05 bits per heavy atom. The molecule has 19 heavy (non-hydrogen) atoms. The molecule has 0 aliphatic carbocycles. The number of benzene rings is 1. The lowest BCUT2D eigenvalue weighted by Gasteiger charge is -2.39. The molecule has 1 N–H and O–H groups in total. The van der Waals surface area contributed by atoms with Crippen molar-refractivity contribution < 1.29 is 4.79 Å². The number of rotatable bonds is 4. The molecule has 2 amide bonds. The molecule has 0 spiro atoms. The fourth-order valence-corrected chi connectivity index (χ4v) is 2.76. The predicted octanol–water partition coefficient (Wildman–Crippen LogP) is 1.96. The van der Waals surface area contributed by atoms with E-state index in [1.54, 1.807) is 0 Å². The van der Waals surface area contributed by atoms with E-state index in [0.717, 1.165) is 31.7 Å².